The molecule has 0 aliphatic carbocycles. The summed E-state index contributed by atoms with van der Waals surface area (Å²) in [5.74, 6) is -1.83. The minimum Gasteiger partial charge on any atom is -0.376 e. The van der Waals surface area contributed by atoms with Crippen LogP contribution in [0.15, 0.2) is 39.6 Å². The Bertz CT molecular complexity index is 1090. The number of aromatic nitrogens is 2. The van der Waals surface area contributed by atoms with Crippen molar-refractivity contribution in [1.29, 1.82) is 0 Å². The Hall–Kier alpha value is -2.30. The van der Waals surface area contributed by atoms with Gasteiger partial charge < -0.3 is 10.1 Å². The van der Waals surface area contributed by atoms with Gasteiger partial charge in [-0.1, -0.05) is 11.8 Å². The summed E-state index contributed by atoms with van der Waals surface area (Å²) in [6, 6.07) is 4.55. The van der Waals surface area contributed by atoms with E-state index in [1.165, 1.54) is 11.3 Å². The van der Waals surface area contributed by atoms with Crippen LogP contribution in [0.3, 0.4) is 0 Å². The van der Waals surface area contributed by atoms with Gasteiger partial charge in [0.2, 0.25) is 5.91 Å². The third-order valence-electron chi connectivity index (χ3n) is 4.44. The first-order valence-corrected chi connectivity index (χ1v) is 10.9. The molecule has 0 saturated carbocycles. The van der Waals surface area contributed by atoms with E-state index in [4.69, 9.17) is 4.74 Å². The summed E-state index contributed by atoms with van der Waals surface area (Å²) in [7, 11) is 0. The molecule has 1 aliphatic rings. The summed E-state index contributed by atoms with van der Waals surface area (Å²) >= 11 is 2.24. The molecule has 152 valence electrons. The van der Waals surface area contributed by atoms with Gasteiger partial charge in [0.15, 0.2) is 5.16 Å². The number of thioether (sulfide) groups is 1. The topological polar surface area (TPSA) is 73.2 Å². The second kappa shape index (κ2) is 8.60. The lowest BCUT2D eigenvalue weighted by molar-refractivity contribution is -0.119. The van der Waals surface area contributed by atoms with Crippen molar-refractivity contribution in [2.45, 2.75) is 24.1 Å². The average molecular weight is 437 g/mol. The zero-order chi connectivity index (χ0) is 20.4. The molecule has 1 saturated heterocycles. The van der Waals surface area contributed by atoms with E-state index in [0.29, 0.717) is 23.4 Å². The molecule has 6 nitrogen and oxygen atoms in total. The van der Waals surface area contributed by atoms with Crippen LogP contribution in [0.5, 0.6) is 0 Å². The van der Waals surface area contributed by atoms with E-state index in [-0.39, 0.29) is 28.6 Å². The molecule has 10 heteroatoms. The zero-order valence-electron chi connectivity index (χ0n) is 15.2. The van der Waals surface area contributed by atoms with E-state index in [2.05, 4.69) is 10.3 Å². The molecule has 29 heavy (non-hydrogen) atoms. The second-order valence-corrected chi connectivity index (χ2v) is 8.38. The highest BCUT2D eigenvalue weighted by molar-refractivity contribution is 7.99. The number of fused-ring (bicyclic) bond motifs is 1. The van der Waals surface area contributed by atoms with E-state index in [9.17, 15) is 18.4 Å². The Kier molecular flexibility index (Phi) is 5.93. The van der Waals surface area contributed by atoms with Gasteiger partial charge in [-0.25, -0.2) is 13.8 Å². The molecule has 0 bridgehead atoms. The van der Waals surface area contributed by atoms with Crippen molar-refractivity contribution in [3.05, 3.63) is 51.6 Å². The molecule has 1 fully saturated rings. The van der Waals surface area contributed by atoms with Crippen molar-refractivity contribution in [2.24, 2.45) is 0 Å². The fourth-order valence-corrected chi connectivity index (χ4v) is 4.70. The van der Waals surface area contributed by atoms with Gasteiger partial charge in [-0.2, -0.15) is 0 Å². The number of rotatable bonds is 6. The van der Waals surface area contributed by atoms with Crippen LogP contribution >= 0.6 is 23.1 Å². The molecule has 0 spiro atoms. The highest BCUT2D eigenvalue weighted by Gasteiger charge is 2.19. The molecule has 1 aromatic carbocycles. The smallest absolute Gasteiger partial charge is 0.276 e. The maximum atomic E-state index is 13.7. The Morgan fingerprint density at radius 1 is 1.34 bits per heavy atom. The number of hydrogen-bond acceptors (Lipinski definition) is 6. The Morgan fingerprint density at radius 2 is 2.14 bits per heavy atom. The molecular formula is C19H17F2N3O3S2. The van der Waals surface area contributed by atoms with Gasteiger partial charge in [0.25, 0.3) is 5.56 Å². The highest BCUT2D eigenvalue weighted by Crippen LogP contribution is 2.24. The molecule has 1 aliphatic heterocycles. The largest absolute Gasteiger partial charge is 0.376 e. The minimum atomic E-state index is -0.802. The van der Waals surface area contributed by atoms with Gasteiger partial charge in [0.1, 0.15) is 16.3 Å². The van der Waals surface area contributed by atoms with Crippen molar-refractivity contribution in [3.63, 3.8) is 0 Å². The first kappa shape index (κ1) is 20.0. The van der Waals surface area contributed by atoms with Crippen molar-refractivity contribution in [2.75, 3.05) is 18.9 Å². The standard InChI is InChI=1S/C19H17F2N3O3S2/c20-11-6-12(21)8-13(7-11)24-18(26)17-15(3-5-28-17)23-19(24)29-10-16(25)22-9-14-2-1-4-27-14/h3,5-8,14H,1-2,4,9-10H2,(H,22,25). The van der Waals surface area contributed by atoms with Gasteiger partial charge >= 0.3 is 0 Å². The molecule has 1 amide bonds. The fraction of sp³-hybridized carbons (Fsp3) is 0.316. The van der Waals surface area contributed by atoms with Crippen LogP contribution < -0.4 is 10.9 Å². The Balaban J connectivity index is 1.60. The van der Waals surface area contributed by atoms with Crippen LogP contribution in [0.2, 0.25) is 0 Å². The number of carbonyl (C=O) groups is 1. The SMILES string of the molecule is O=C(CSc1nc2ccsc2c(=O)n1-c1cc(F)cc(F)c1)NCC1CCCO1. The Labute approximate surface area is 172 Å². The van der Waals surface area contributed by atoms with Gasteiger partial charge in [-0.3, -0.25) is 14.2 Å². The summed E-state index contributed by atoms with van der Waals surface area (Å²) < 4.78 is 34.5. The van der Waals surface area contributed by atoms with Crippen molar-refractivity contribution >= 4 is 39.2 Å². The van der Waals surface area contributed by atoms with Gasteiger partial charge in [-0.05, 0) is 36.4 Å². The maximum Gasteiger partial charge on any atom is 0.276 e. The predicted molar refractivity (Wildman–Crippen MR) is 108 cm³/mol. The first-order valence-electron chi connectivity index (χ1n) is 8.99. The van der Waals surface area contributed by atoms with Crippen molar-refractivity contribution in [3.8, 4) is 5.69 Å². The van der Waals surface area contributed by atoms with E-state index in [1.807, 2.05) is 0 Å². The van der Waals surface area contributed by atoms with Gasteiger partial charge in [0.05, 0.1) is 23.1 Å². The van der Waals surface area contributed by atoms with Crippen molar-refractivity contribution in [1.82, 2.24) is 14.9 Å². The molecule has 1 N–H and O–H groups in total. The summed E-state index contributed by atoms with van der Waals surface area (Å²) in [6.45, 7) is 1.13. The van der Waals surface area contributed by atoms with Gasteiger partial charge in [0, 0.05) is 19.2 Å². The lowest BCUT2D eigenvalue weighted by atomic mass is 10.2. The lowest BCUT2D eigenvalue weighted by Gasteiger charge is -2.13. The summed E-state index contributed by atoms with van der Waals surface area (Å²) in [5, 5.41) is 4.71. The fourth-order valence-electron chi connectivity index (χ4n) is 3.10. The number of nitrogens with one attached hydrogen (secondary N) is 1. The van der Waals surface area contributed by atoms with E-state index in [1.54, 1.807) is 11.4 Å². The van der Waals surface area contributed by atoms with Crippen LogP contribution in [0, 0.1) is 11.6 Å². The zero-order valence-corrected chi connectivity index (χ0v) is 16.8. The second-order valence-electron chi connectivity index (χ2n) is 6.53. The molecule has 3 aromatic rings. The number of nitrogens with zero attached hydrogens (tertiary/aromatic N) is 2. The van der Waals surface area contributed by atoms with Crippen LogP contribution in [-0.2, 0) is 9.53 Å². The lowest BCUT2D eigenvalue weighted by Crippen LogP contribution is -2.33. The monoisotopic (exact) mass is 437 g/mol. The normalized spacial score (nSPS) is 16.4. The molecule has 3 heterocycles. The van der Waals surface area contributed by atoms with E-state index < -0.39 is 17.2 Å². The first-order chi connectivity index (χ1) is 14.0. The number of hydrogen-bond donors (Lipinski definition) is 1. The molecule has 0 radical (unpaired) electrons. The highest BCUT2D eigenvalue weighted by atomic mass is 32.2. The van der Waals surface area contributed by atoms with Crippen LogP contribution in [-0.4, -0.2) is 40.5 Å². The number of thiophene rings is 1. The summed E-state index contributed by atoms with van der Waals surface area (Å²) in [4.78, 5) is 29.6. The summed E-state index contributed by atoms with van der Waals surface area (Å²) in [5.41, 5.74) is 0.0743. The summed E-state index contributed by atoms with van der Waals surface area (Å²) in [6.07, 6.45) is 1.92. The average Bonchev–Trinajstić information content (AvgIpc) is 3.35. The van der Waals surface area contributed by atoms with E-state index >= 15 is 0 Å². The van der Waals surface area contributed by atoms with Crippen LogP contribution in [0.4, 0.5) is 8.78 Å². The third kappa shape index (κ3) is 4.49. The van der Waals surface area contributed by atoms with Gasteiger partial charge in [-0.15, -0.1) is 11.3 Å². The maximum absolute atomic E-state index is 13.7. The predicted octanol–water partition coefficient (Wildman–Crippen LogP) is 3.11. The molecule has 1 atom stereocenters. The number of amides is 1. The number of carbonyl (C=O) groups excluding carboxylic acids is 1. The molecule has 1 unspecified atom stereocenters. The number of halogens is 2. The number of ether oxygens (including phenoxy) is 1. The molecule has 4 rings (SSSR count). The Morgan fingerprint density at radius 3 is 2.86 bits per heavy atom. The molecule has 2 aromatic heterocycles. The van der Waals surface area contributed by atoms with E-state index in [0.717, 1.165) is 47.4 Å². The minimum absolute atomic E-state index is 0.00655. The third-order valence-corrected chi connectivity index (χ3v) is 6.27. The van der Waals surface area contributed by atoms with Crippen LogP contribution in [0.25, 0.3) is 15.9 Å². The van der Waals surface area contributed by atoms with Crippen molar-refractivity contribution < 1.29 is 18.3 Å². The quantitative estimate of drug-likeness (QED) is 0.474. The number of benzene rings is 1. The molecular weight excluding hydrogens is 420 g/mol. The van der Waals surface area contributed by atoms with Crippen LogP contribution in [0.1, 0.15) is 12.8 Å².